The number of carboxylic acids is 1. The van der Waals surface area contributed by atoms with E-state index in [-0.39, 0.29) is 18.3 Å². The van der Waals surface area contributed by atoms with Gasteiger partial charge in [0, 0.05) is 43.3 Å². The number of aliphatic carboxylic acids is 1. The number of fused-ring (bicyclic) bond motifs is 1. The number of carbonyl (C=O) groups excluding carboxylic acids is 1. The molecule has 0 unspecified atom stereocenters. The zero-order chi connectivity index (χ0) is 28.9. The van der Waals surface area contributed by atoms with Gasteiger partial charge >= 0.3 is 11.7 Å². The van der Waals surface area contributed by atoms with Gasteiger partial charge in [0.2, 0.25) is 0 Å². The number of aryl methyl sites for hydroxylation is 2. The summed E-state index contributed by atoms with van der Waals surface area (Å²) in [4.78, 5) is 46.1. The van der Waals surface area contributed by atoms with E-state index in [1.54, 1.807) is 33.0 Å². The van der Waals surface area contributed by atoms with Gasteiger partial charge in [0.05, 0.1) is 11.8 Å². The molecular formula is C28H27F2N3O6. The number of carboxylic acid groups (broad SMARTS) is 1. The average Bonchev–Trinajstić information content (AvgIpc) is 2.84. The van der Waals surface area contributed by atoms with Crippen molar-refractivity contribution in [1.29, 1.82) is 0 Å². The van der Waals surface area contributed by atoms with Crippen LogP contribution >= 0.6 is 0 Å². The van der Waals surface area contributed by atoms with Crippen LogP contribution in [0.4, 0.5) is 8.78 Å². The van der Waals surface area contributed by atoms with E-state index >= 15 is 0 Å². The highest BCUT2D eigenvalue weighted by Gasteiger charge is 2.17. The summed E-state index contributed by atoms with van der Waals surface area (Å²) in [6.07, 6.45) is 1.64. The smallest absolute Gasteiger partial charge is 0.335 e. The normalized spacial score (nSPS) is 10.7. The number of primary amides is 1. The van der Waals surface area contributed by atoms with Gasteiger partial charge in [-0.1, -0.05) is 30.3 Å². The van der Waals surface area contributed by atoms with Crippen LogP contribution < -0.4 is 21.7 Å². The Bertz CT molecular complexity index is 1640. The number of aromatic nitrogens is 2. The van der Waals surface area contributed by atoms with Crippen molar-refractivity contribution in [2.75, 3.05) is 0 Å². The molecule has 11 heteroatoms. The number of ether oxygens (including phenoxy) is 1. The average molecular weight is 540 g/mol. The summed E-state index contributed by atoms with van der Waals surface area (Å²) in [5.41, 5.74) is 4.61. The summed E-state index contributed by atoms with van der Waals surface area (Å²) >= 11 is 0. The summed E-state index contributed by atoms with van der Waals surface area (Å²) in [7, 11) is 1.59. The summed E-state index contributed by atoms with van der Waals surface area (Å²) in [5, 5.41) is 10.5. The third kappa shape index (κ3) is 6.75. The minimum Gasteiger partial charge on any atom is -0.491 e. The molecule has 39 heavy (non-hydrogen) atoms. The fourth-order valence-corrected chi connectivity index (χ4v) is 3.93. The first-order valence-electron chi connectivity index (χ1n) is 11.9. The van der Waals surface area contributed by atoms with Crippen LogP contribution in [0.25, 0.3) is 16.5 Å². The van der Waals surface area contributed by atoms with Crippen LogP contribution in [0.5, 0.6) is 5.75 Å². The third-order valence-electron chi connectivity index (χ3n) is 5.63. The maximum absolute atomic E-state index is 13.2. The zero-order valence-electron chi connectivity index (χ0n) is 21.5. The molecule has 0 radical (unpaired) electrons. The van der Waals surface area contributed by atoms with Crippen LogP contribution in [0.15, 0.2) is 70.4 Å². The van der Waals surface area contributed by atoms with Crippen molar-refractivity contribution >= 4 is 22.6 Å². The molecule has 0 spiro atoms. The van der Waals surface area contributed by atoms with Crippen molar-refractivity contribution in [1.82, 2.24) is 9.13 Å². The fraction of sp³-hybridized carbons (Fsp3) is 0.214. The molecule has 0 aliphatic carbocycles. The van der Waals surface area contributed by atoms with E-state index in [2.05, 4.69) is 0 Å². The van der Waals surface area contributed by atoms with E-state index in [1.807, 2.05) is 24.3 Å². The Balaban J connectivity index is 0.000000242. The number of hydrogen-bond acceptors (Lipinski definition) is 5. The van der Waals surface area contributed by atoms with Gasteiger partial charge in [-0.3, -0.25) is 14.4 Å². The minimum absolute atomic E-state index is 0.0242. The highest BCUT2D eigenvalue weighted by molar-refractivity contribution is 5.94. The van der Waals surface area contributed by atoms with Crippen LogP contribution in [-0.4, -0.2) is 32.2 Å². The minimum atomic E-state index is -1.14. The lowest BCUT2D eigenvalue weighted by molar-refractivity contribution is -0.136. The van der Waals surface area contributed by atoms with Crippen LogP contribution in [0, 0.1) is 11.6 Å². The zero-order valence-corrected chi connectivity index (χ0v) is 21.5. The molecule has 0 saturated heterocycles. The summed E-state index contributed by atoms with van der Waals surface area (Å²) in [5.74, 6) is -4.00. The van der Waals surface area contributed by atoms with Crippen molar-refractivity contribution in [2.45, 2.75) is 32.8 Å². The molecule has 4 rings (SSSR count). The van der Waals surface area contributed by atoms with Gasteiger partial charge in [-0.2, -0.15) is 0 Å². The molecule has 0 atom stereocenters. The Hall–Kier alpha value is -4.80. The molecule has 0 saturated carbocycles. The van der Waals surface area contributed by atoms with Gasteiger partial charge in [0.25, 0.3) is 11.5 Å². The van der Waals surface area contributed by atoms with Gasteiger partial charge in [-0.25, -0.2) is 18.1 Å². The number of amides is 1. The standard InChI is InChI=1S/C18H16N2O4.C10H11F2NO2/c1-19-11-10-16(21)20(18(19)24)15-7-3-5-13-12(8-9-17(22)23)4-2-6-14(13)15;1-5(2)15-6-3-7(11)9(10(13)14)8(12)4-6/h2-7,10-11H,8-9H2,1H3,(H,22,23);3-5H,1-2H3,(H2,13,14). The number of nitrogens with two attached hydrogens (primary N) is 1. The molecule has 1 amide bonds. The van der Waals surface area contributed by atoms with Crippen LogP contribution in [0.1, 0.15) is 36.2 Å². The highest BCUT2D eigenvalue weighted by atomic mass is 19.1. The topological polar surface area (TPSA) is 134 Å². The molecule has 9 nitrogen and oxygen atoms in total. The SMILES string of the molecule is CC(C)Oc1cc(F)c(C(N)=O)c(F)c1.Cn1ccc(=O)n(-c2cccc3c(CCC(=O)O)cccc23)c1=O. The monoisotopic (exact) mass is 539 g/mol. The Morgan fingerprint density at radius 3 is 2.21 bits per heavy atom. The lowest BCUT2D eigenvalue weighted by Crippen LogP contribution is -2.36. The molecule has 0 aliphatic rings. The first-order valence-corrected chi connectivity index (χ1v) is 11.9. The first kappa shape index (κ1) is 28.8. The second-order valence-electron chi connectivity index (χ2n) is 8.86. The van der Waals surface area contributed by atoms with Crippen molar-refractivity contribution in [2.24, 2.45) is 12.8 Å². The summed E-state index contributed by atoms with van der Waals surface area (Å²) in [6, 6.07) is 14.1. The number of hydrogen-bond donors (Lipinski definition) is 2. The number of benzene rings is 3. The largest absolute Gasteiger partial charge is 0.491 e. The molecule has 0 fully saturated rings. The van der Waals surface area contributed by atoms with Crippen LogP contribution in [0.2, 0.25) is 0 Å². The lowest BCUT2D eigenvalue weighted by atomic mass is 9.99. The van der Waals surface area contributed by atoms with E-state index in [4.69, 9.17) is 15.6 Å². The van der Waals surface area contributed by atoms with E-state index in [9.17, 15) is 28.0 Å². The highest BCUT2D eigenvalue weighted by Crippen LogP contribution is 2.25. The third-order valence-corrected chi connectivity index (χ3v) is 5.63. The summed E-state index contributed by atoms with van der Waals surface area (Å²) < 4.78 is 33.9. The second kappa shape index (κ2) is 12.2. The van der Waals surface area contributed by atoms with Gasteiger partial charge in [-0.05, 0) is 37.3 Å². The Morgan fingerprint density at radius 2 is 1.62 bits per heavy atom. The summed E-state index contributed by atoms with van der Waals surface area (Å²) in [6.45, 7) is 3.44. The predicted molar refractivity (Wildman–Crippen MR) is 141 cm³/mol. The molecule has 1 aromatic heterocycles. The number of nitrogens with zero attached hydrogens (tertiary/aromatic N) is 2. The Kier molecular flexibility index (Phi) is 8.97. The number of halogens is 2. The van der Waals surface area contributed by atoms with Crippen molar-refractivity contribution in [3.63, 3.8) is 0 Å². The van der Waals surface area contributed by atoms with E-state index in [1.165, 1.54) is 16.8 Å². The van der Waals surface area contributed by atoms with Gasteiger partial charge in [-0.15, -0.1) is 0 Å². The molecule has 3 N–H and O–H groups in total. The van der Waals surface area contributed by atoms with Gasteiger partial charge < -0.3 is 20.1 Å². The molecular weight excluding hydrogens is 512 g/mol. The maximum Gasteiger partial charge on any atom is 0.335 e. The molecule has 1 heterocycles. The Labute approximate surface area is 221 Å². The number of rotatable bonds is 7. The maximum atomic E-state index is 13.2. The van der Waals surface area contributed by atoms with Gasteiger partial charge in [0.1, 0.15) is 22.9 Å². The predicted octanol–water partition coefficient (Wildman–Crippen LogP) is 3.56. The quantitative estimate of drug-likeness (QED) is 0.369. The molecule has 3 aromatic carbocycles. The number of carbonyl (C=O) groups is 2. The van der Waals surface area contributed by atoms with E-state index < -0.39 is 40.3 Å². The molecule has 204 valence electrons. The van der Waals surface area contributed by atoms with Crippen molar-refractivity contribution in [3.8, 4) is 11.4 Å². The van der Waals surface area contributed by atoms with Gasteiger partial charge in [0.15, 0.2) is 0 Å². The van der Waals surface area contributed by atoms with Crippen molar-refractivity contribution in [3.05, 3.63) is 104 Å². The first-order chi connectivity index (χ1) is 18.4. The second-order valence-corrected chi connectivity index (χ2v) is 8.86. The molecule has 0 bridgehead atoms. The Morgan fingerprint density at radius 1 is 1.00 bits per heavy atom. The molecule has 0 aliphatic heterocycles. The lowest BCUT2D eigenvalue weighted by Gasteiger charge is -2.12. The fourth-order valence-electron chi connectivity index (χ4n) is 3.93. The van der Waals surface area contributed by atoms with E-state index in [0.29, 0.717) is 12.1 Å². The van der Waals surface area contributed by atoms with Crippen LogP contribution in [0.3, 0.4) is 0 Å². The molecule has 4 aromatic rings. The van der Waals surface area contributed by atoms with Crippen molar-refractivity contribution < 1.29 is 28.2 Å². The van der Waals surface area contributed by atoms with E-state index in [0.717, 1.165) is 33.0 Å². The van der Waals surface area contributed by atoms with Crippen LogP contribution in [-0.2, 0) is 18.3 Å².